The molecule has 1 aliphatic rings. The lowest BCUT2D eigenvalue weighted by molar-refractivity contribution is -0.131. The average Bonchev–Trinajstić information content (AvgIpc) is 3.18. The zero-order chi connectivity index (χ0) is 17.1. The predicted molar refractivity (Wildman–Crippen MR) is 96.4 cm³/mol. The molecule has 1 aromatic heterocycles. The lowest BCUT2D eigenvalue weighted by atomic mass is 10.1. The zero-order valence-corrected chi connectivity index (χ0v) is 14.1. The van der Waals surface area contributed by atoms with Crippen LogP contribution in [0, 0.1) is 0 Å². The number of amides is 2. The summed E-state index contributed by atoms with van der Waals surface area (Å²) in [5.41, 5.74) is 1.98. The molecule has 2 amide bonds. The van der Waals surface area contributed by atoms with E-state index in [0.717, 1.165) is 10.4 Å². The number of carbonyl (C=O) groups is 2. The van der Waals surface area contributed by atoms with Crippen molar-refractivity contribution in [3.8, 4) is 0 Å². The van der Waals surface area contributed by atoms with Crippen molar-refractivity contribution in [2.45, 2.75) is 6.54 Å². The number of thiophene rings is 1. The summed E-state index contributed by atoms with van der Waals surface area (Å²) in [6.45, 7) is 8.65. The highest BCUT2D eigenvalue weighted by Crippen LogP contribution is 2.31. The Morgan fingerprint density at radius 2 is 1.96 bits per heavy atom. The van der Waals surface area contributed by atoms with Gasteiger partial charge >= 0.3 is 0 Å². The van der Waals surface area contributed by atoms with Crippen LogP contribution in [-0.4, -0.2) is 34.7 Å². The molecule has 0 bridgehead atoms. The third-order valence-electron chi connectivity index (χ3n) is 3.96. The maximum atomic E-state index is 12.7. The van der Waals surface area contributed by atoms with Gasteiger partial charge in [0, 0.05) is 28.2 Å². The Hall–Kier alpha value is -2.66. The first-order chi connectivity index (χ1) is 11.6. The van der Waals surface area contributed by atoms with Gasteiger partial charge in [0.2, 0.25) is 5.91 Å². The molecule has 2 heterocycles. The third-order valence-corrected chi connectivity index (χ3v) is 4.82. The molecule has 0 fully saturated rings. The molecule has 1 aliphatic heterocycles. The highest BCUT2D eigenvalue weighted by Gasteiger charge is 2.32. The Morgan fingerprint density at radius 3 is 2.58 bits per heavy atom. The van der Waals surface area contributed by atoms with Crippen molar-refractivity contribution < 1.29 is 9.59 Å². The van der Waals surface area contributed by atoms with Crippen LogP contribution < -0.4 is 0 Å². The molecule has 2 aromatic rings. The fraction of sp³-hybridized carbons (Fsp3) is 0.158. The van der Waals surface area contributed by atoms with E-state index in [1.807, 2.05) is 35.7 Å². The maximum absolute atomic E-state index is 12.7. The van der Waals surface area contributed by atoms with E-state index >= 15 is 0 Å². The molecule has 0 unspecified atom stereocenters. The van der Waals surface area contributed by atoms with Gasteiger partial charge in [-0.1, -0.05) is 36.9 Å². The highest BCUT2D eigenvalue weighted by molar-refractivity contribution is 7.09. The molecule has 122 valence electrons. The van der Waals surface area contributed by atoms with Gasteiger partial charge in [-0.25, -0.2) is 0 Å². The van der Waals surface area contributed by atoms with Gasteiger partial charge in [-0.05, 0) is 17.5 Å². The van der Waals surface area contributed by atoms with E-state index in [0.29, 0.717) is 24.4 Å². The van der Waals surface area contributed by atoms with Crippen molar-refractivity contribution in [2.24, 2.45) is 0 Å². The Balaban J connectivity index is 1.75. The van der Waals surface area contributed by atoms with Crippen molar-refractivity contribution >= 4 is 28.8 Å². The number of rotatable bonds is 6. The SMILES string of the molecule is C=CCN(Cc1cccs1)C(=O)CN1C(=C)c2ccccc2C1=O. The van der Waals surface area contributed by atoms with Crippen LogP contribution in [-0.2, 0) is 11.3 Å². The van der Waals surface area contributed by atoms with E-state index in [1.54, 1.807) is 28.4 Å². The Morgan fingerprint density at radius 1 is 1.21 bits per heavy atom. The van der Waals surface area contributed by atoms with E-state index < -0.39 is 0 Å². The van der Waals surface area contributed by atoms with Gasteiger partial charge in [-0.2, -0.15) is 0 Å². The number of carbonyl (C=O) groups excluding carboxylic acids is 2. The molecular formula is C19H18N2O2S. The first-order valence-corrected chi connectivity index (χ1v) is 8.51. The van der Waals surface area contributed by atoms with Gasteiger partial charge in [0.25, 0.3) is 5.91 Å². The average molecular weight is 338 g/mol. The molecule has 0 atom stereocenters. The molecule has 0 aliphatic carbocycles. The summed E-state index contributed by atoms with van der Waals surface area (Å²) in [7, 11) is 0. The fourth-order valence-electron chi connectivity index (χ4n) is 2.74. The van der Waals surface area contributed by atoms with Crippen LogP contribution in [0.3, 0.4) is 0 Å². The van der Waals surface area contributed by atoms with Gasteiger partial charge in [0.1, 0.15) is 6.54 Å². The van der Waals surface area contributed by atoms with Crippen LogP contribution in [0.4, 0.5) is 0 Å². The minimum Gasteiger partial charge on any atom is -0.332 e. The van der Waals surface area contributed by atoms with Gasteiger partial charge in [-0.3, -0.25) is 14.5 Å². The Bertz CT molecular complexity index is 760. The van der Waals surface area contributed by atoms with E-state index in [2.05, 4.69) is 13.2 Å². The number of benzene rings is 1. The van der Waals surface area contributed by atoms with E-state index in [1.165, 1.54) is 4.90 Å². The second-order valence-electron chi connectivity index (χ2n) is 5.53. The Kier molecular flexibility index (Phi) is 4.62. The normalized spacial score (nSPS) is 13.1. The molecule has 24 heavy (non-hydrogen) atoms. The van der Waals surface area contributed by atoms with Crippen molar-refractivity contribution in [3.63, 3.8) is 0 Å². The van der Waals surface area contributed by atoms with Crippen LogP contribution in [0.2, 0.25) is 0 Å². The maximum Gasteiger partial charge on any atom is 0.259 e. The quantitative estimate of drug-likeness (QED) is 0.758. The van der Waals surface area contributed by atoms with E-state index in [-0.39, 0.29) is 18.4 Å². The second kappa shape index (κ2) is 6.84. The fourth-order valence-corrected chi connectivity index (χ4v) is 3.46. The summed E-state index contributed by atoms with van der Waals surface area (Å²) >= 11 is 1.60. The van der Waals surface area contributed by atoms with Crippen molar-refractivity contribution in [3.05, 3.63) is 77.0 Å². The largest absolute Gasteiger partial charge is 0.332 e. The highest BCUT2D eigenvalue weighted by atomic mass is 32.1. The molecule has 0 N–H and O–H groups in total. The summed E-state index contributed by atoms with van der Waals surface area (Å²) in [4.78, 5) is 29.5. The Labute approximate surface area is 145 Å². The van der Waals surface area contributed by atoms with Crippen molar-refractivity contribution in [1.29, 1.82) is 0 Å². The molecule has 0 radical (unpaired) electrons. The topological polar surface area (TPSA) is 40.6 Å². The summed E-state index contributed by atoms with van der Waals surface area (Å²) < 4.78 is 0. The summed E-state index contributed by atoms with van der Waals surface area (Å²) in [5, 5.41) is 1.98. The lowest BCUT2D eigenvalue weighted by Crippen LogP contribution is -2.39. The van der Waals surface area contributed by atoms with Crippen molar-refractivity contribution in [2.75, 3.05) is 13.1 Å². The minimum atomic E-state index is -0.168. The van der Waals surface area contributed by atoms with Crippen molar-refractivity contribution in [1.82, 2.24) is 9.80 Å². The molecule has 1 aromatic carbocycles. The molecule has 0 saturated heterocycles. The summed E-state index contributed by atoms with van der Waals surface area (Å²) in [6.07, 6.45) is 1.70. The van der Waals surface area contributed by atoms with Gasteiger partial charge < -0.3 is 4.90 Å². The number of nitrogens with zero attached hydrogens (tertiary/aromatic N) is 2. The molecular weight excluding hydrogens is 320 g/mol. The first kappa shape index (κ1) is 16.2. The van der Waals surface area contributed by atoms with E-state index in [4.69, 9.17) is 0 Å². The van der Waals surface area contributed by atoms with Crippen LogP contribution in [0.25, 0.3) is 5.70 Å². The monoisotopic (exact) mass is 338 g/mol. The van der Waals surface area contributed by atoms with E-state index in [9.17, 15) is 9.59 Å². The lowest BCUT2D eigenvalue weighted by Gasteiger charge is -2.24. The second-order valence-corrected chi connectivity index (χ2v) is 6.56. The number of hydrogen-bond acceptors (Lipinski definition) is 3. The molecule has 0 spiro atoms. The van der Waals surface area contributed by atoms with Crippen LogP contribution in [0.15, 0.2) is 61.0 Å². The van der Waals surface area contributed by atoms with Crippen LogP contribution >= 0.6 is 11.3 Å². The molecule has 0 saturated carbocycles. The zero-order valence-electron chi connectivity index (χ0n) is 13.3. The summed E-state index contributed by atoms with van der Waals surface area (Å²) in [6, 6.07) is 11.2. The smallest absolute Gasteiger partial charge is 0.259 e. The number of hydrogen-bond donors (Lipinski definition) is 0. The first-order valence-electron chi connectivity index (χ1n) is 7.63. The molecule has 5 heteroatoms. The van der Waals surface area contributed by atoms with Crippen LogP contribution in [0.5, 0.6) is 0 Å². The minimum absolute atomic E-state index is 0.00837. The predicted octanol–water partition coefficient (Wildman–Crippen LogP) is 3.39. The van der Waals surface area contributed by atoms with Gasteiger partial charge in [0.05, 0.1) is 6.54 Å². The summed E-state index contributed by atoms with van der Waals surface area (Å²) in [5.74, 6) is -0.288. The van der Waals surface area contributed by atoms with Gasteiger partial charge in [-0.15, -0.1) is 17.9 Å². The molecule has 4 nitrogen and oxygen atoms in total. The number of fused-ring (bicyclic) bond motifs is 1. The van der Waals surface area contributed by atoms with Crippen LogP contribution in [0.1, 0.15) is 20.8 Å². The molecule has 3 rings (SSSR count). The standard InChI is InChI=1S/C19H18N2O2S/c1-3-10-20(12-15-7-6-11-24-15)18(22)13-21-14(2)16-8-4-5-9-17(16)19(21)23/h3-9,11H,1-2,10,12-13H2. The van der Waals surface area contributed by atoms with Gasteiger partial charge in [0.15, 0.2) is 0 Å². The third kappa shape index (κ3) is 3.03.